The third-order valence-electron chi connectivity index (χ3n) is 3.57. The van der Waals surface area contributed by atoms with Crippen molar-refractivity contribution >= 4 is 12.2 Å². The predicted octanol–water partition coefficient (Wildman–Crippen LogP) is 0.953. The van der Waals surface area contributed by atoms with E-state index in [0.717, 1.165) is 32.1 Å². The zero-order valence-corrected chi connectivity index (χ0v) is 10.4. The van der Waals surface area contributed by atoms with Crippen LogP contribution in [0, 0.1) is 0 Å². The van der Waals surface area contributed by atoms with Gasteiger partial charge in [0.25, 0.3) is 0 Å². The quantitative estimate of drug-likeness (QED) is 0.686. The Bertz CT molecular complexity index is 255. The van der Waals surface area contributed by atoms with Crippen molar-refractivity contribution in [1.29, 1.82) is 0 Å². The zero-order chi connectivity index (χ0) is 12.1. The number of likely N-dealkylation sites (tertiary alicyclic amines) is 1. The highest BCUT2D eigenvalue weighted by molar-refractivity contribution is 5.83. The number of amides is 1. The smallest absolute Gasteiger partial charge is 0.210 e. The van der Waals surface area contributed by atoms with Crippen LogP contribution in [0.3, 0.4) is 0 Å². The fourth-order valence-corrected chi connectivity index (χ4v) is 2.36. The third-order valence-corrected chi connectivity index (χ3v) is 3.57. The lowest BCUT2D eigenvalue weighted by Crippen LogP contribution is -2.39. The van der Waals surface area contributed by atoms with E-state index in [1.807, 2.05) is 7.05 Å². The summed E-state index contributed by atoms with van der Waals surface area (Å²) in [5.74, 6) is 0.108. The van der Waals surface area contributed by atoms with E-state index >= 15 is 0 Å². The van der Waals surface area contributed by atoms with E-state index in [-0.39, 0.29) is 17.9 Å². The summed E-state index contributed by atoms with van der Waals surface area (Å²) in [5, 5.41) is 3.18. The first-order valence-electron chi connectivity index (χ1n) is 6.00. The average Bonchev–Trinajstić information content (AvgIpc) is 2.68. The molecule has 0 saturated carbocycles. The molecule has 1 fully saturated rings. The Labute approximate surface area is 97.4 Å². The van der Waals surface area contributed by atoms with Gasteiger partial charge in [-0.3, -0.25) is 9.59 Å². The molecule has 3 unspecified atom stereocenters. The summed E-state index contributed by atoms with van der Waals surface area (Å²) in [7, 11) is 1.94. The van der Waals surface area contributed by atoms with Gasteiger partial charge in [0.15, 0.2) is 5.78 Å². The molecule has 16 heavy (non-hydrogen) atoms. The summed E-state index contributed by atoms with van der Waals surface area (Å²) < 4.78 is 0. The van der Waals surface area contributed by atoms with Gasteiger partial charge in [-0.2, -0.15) is 0 Å². The maximum Gasteiger partial charge on any atom is 0.210 e. The van der Waals surface area contributed by atoms with Crippen LogP contribution in [0.25, 0.3) is 0 Å². The Balaban J connectivity index is 2.49. The normalized spacial score (nSPS) is 26.8. The monoisotopic (exact) mass is 226 g/mol. The lowest BCUT2D eigenvalue weighted by Gasteiger charge is -2.25. The molecule has 3 atom stereocenters. The number of nitrogens with one attached hydrogen (secondary N) is 1. The number of carbonyl (C=O) groups is 2. The largest absolute Gasteiger partial charge is 0.332 e. The second kappa shape index (κ2) is 5.99. The fourth-order valence-electron chi connectivity index (χ4n) is 2.36. The van der Waals surface area contributed by atoms with Crippen LogP contribution >= 0.6 is 0 Å². The van der Waals surface area contributed by atoms with Crippen molar-refractivity contribution in [3.05, 3.63) is 0 Å². The molecular formula is C12H22N2O2. The molecule has 1 N–H and O–H groups in total. The van der Waals surface area contributed by atoms with E-state index in [2.05, 4.69) is 12.2 Å². The Kier molecular flexibility index (Phi) is 4.93. The SMILES string of the molecule is CNC(C)CCC1CCC(C(C)=O)N1C=O. The molecule has 1 amide bonds. The van der Waals surface area contributed by atoms with Gasteiger partial charge in [-0.25, -0.2) is 0 Å². The number of hydrogen-bond donors (Lipinski definition) is 1. The van der Waals surface area contributed by atoms with Gasteiger partial charge in [-0.1, -0.05) is 0 Å². The van der Waals surface area contributed by atoms with Gasteiger partial charge in [-0.05, 0) is 46.6 Å². The Morgan fingerprint density at radius 1 is 1.56 bits per heavy atom. The molecule has 0 bridgehead atoms. The van der Waals surface area contributed by atoms with Crippen LogP contribution in [-0.4, -0.2) is 42.3 Å². The van der Waals surface area contributed by atoms with Crippen molar-refractivity contribution in [3.8, 4) is 0 Å². The summed E-state index contributed by atoms with van der Waals surface area (Å²) in [6.07, 6.45) is 4.64. The van der Waals surface area contributed by atoms with Crippen molar-refractivity contribution in [2.24, 2.45) is 0 Å². The minimum atomic E-state index is -0.174. The molecule has 4 nitrogen and oxygen atoms in total. The van der Waals surface area contributed by atoms with Crippen LogP contribution in [0.4, 0.5) is 0 Å². The second-order valence-corrected chi connectivity index (χ2v) is 4.68. The minimum Gasteiger partial charge on any atom is -0.332 e. The molecule has 1 saturated heterocycles. The number of rotatable bonds is 6. The highest BCUT2D eigenvalue weighted by Crippen LogP contribution is 2.26. The zero-order valence-electron chi connectivity index (χ0n) is 10.4. The van der Waals surface area contributed by atoms with E-state index in [4.69, 9.17) is 0 Å². The topological polar surface area (TPSA) is 49.4 Å². The van der Waals surface area contributed by atoms with Gasteiger partial charge >= 0.3 is 0 Å². The first-order chi connectivity index (χ1) is 7.60. The fraction of sp³-hybridized carbons (Fsp3) is 0.833. The maximum absolute atomic E-state index is 11.3. The number of carbonyl (C=O) groups excluding carboxylic acids is 2. The van der Waals surface area contributed by atoms with Crippen molar-refractivity contribution in [2.45, 2.75) is 57.7 Å². The van der Waals surface area contributed by atoms with Gasteiger partial charge in [0.1, 0.15) is 0 Å². The molecule has 92 valence electrons. The van der Waals surface area contributed by atoms with Crippen LogP contribution in [0.15, 0.2) is 0 Å². The van der Waals surface area contributed by atoms with Gasteiger partial charge in [-0.15, -0.1) is 0 Å². The average molecular weight is 226 g/mol. The molecule has 0 aromatic carbocycles. The number of nitrogens with zero attached hydrogens (tertiary/aromatic N) is 1. The van der Waals surface area contributed by atoms with Crippen LogP contribution in [0.2, 0.25) is 0 Å². The number of hydrogen-bond acceptors (Lipinski definition) is 3. The predicted molar refractivity (Wildman–Crippen MR) is 63.1 cm³/mol. The van der Waals surface area contributed by atoms with Crippen LogP contribution in [-0.2, 0) is 9.59 Å². The summed E-state index contributed by atoms with van der Waals surface area (Å²) in [6.45, 7) is 3.70. The third kappa shape index (κ3) is 3.04. The molecule has 0 radical (unpaired) electrons. The van der Waals surface area contributed by atoms with Crippen molar-refractivity contribution in [2.75, 3.05) is 7.05 Å². The standard InChI is InChI=1S/C12H22N2O2/c1-9(13-3)4-5-11-6-7-12(10(2)16)14(11)8-15/h8-9,11-13H,4-7H2,1-3H3. The van der Waals surface area contributed by atoms with Gasteiger partial charge < -0.3 is 10.2 Å². The van der Waals surface area contributed by atoms with E-state index < -0.39 is 0 Å². The molecule has 1 rings (SSSR count). The Morgan fingerprint density at radius 3 is 2.75 bits per heavy atom. The van der Waals surface area contributed by atoms with Gasteiger partial charge in [0.2, 0.25) is 6.41 Å². The highest BCUT2D eigenvalue weighted by Gasteiger charge is 2.34. The molecular weight excluding hydrogens is 204 g/mol. The summed E-state index contributed by atoms with van der Waals surface area (Å²) in [6, 6.07) is 0.541. The first kappa shape index (κ1) is 13.2. The summed E-state index contributed by atoms with van der Waals surface area (Å²) >= 11 is 0. The van der Waals surface area contributed by atoms with E-state index in [0.29, 0.717) is 6.04 Å². The number of ketones is 1. The van der Waals surface area contributed by atoms with E-state index in [9.17, 15) is 9.59 Å². The lowest BCUT2D eigenvalue weighted by molar-refractivity contribution is -0.129. The molecule has 0 aliphatic carbocycles. The molecule has 0 aromatic rings. The molecule has 1 aliphatic rings. The minimum absolute atomic E-state index is 0.108. The molecule has 1 heterocycles. The van der Waals surface area contributed by atoms with Crippen molar-refractivity contribution in [3.63, 3.8) is 0 Å². The van der Waals surface area contributed by atoms with Crippen molar-refractivity contribution < 1.29 is 9.59 Å². The second-order valence-electron chi connectivity index (χ2n) is 4.68. The van der Waals surface area contributed by atoms with Crippen LogP contribution in [0.5, 0.6) is 0 Å². The van der Waals surface area contributed by atoms with Crippen LogP contribution < -0.4 is 5.32 Å². The first-order valence-corrected chi connectivity index (χ1v) is 6.00. The number of Topliss-reactive ketones (excluding diaryl/α,β-unsaturated/α-hetero) is 1. The van der Waals surface area contributed by atoms with Crippen LogP contribution in [0.1, 0.15) is 39.5 Å². The van der Waals surface area contributed by atoms with E-state index in [1.54, 1.807) is 11.8 Å². The van der Waals surface area contributed by atoms with Crippen molar-refractivity contribution in [1.82, 2.24) is 10.2 Å². The van der Waals surface area contributed by atoms with E-state index in [1.165, 1.54) is 0 Å². The maximum atomic E-state index is 11.3. The molecule has 1 aliphatic heterocycles. The molecule has 0 aromatic heterocycles. The lowest BCUT2D eigenvalue weighted by atomic mass is 10.1. The highest BCUT2D eigenvalue weighted by atomic mass is 16.1. The Hall–Kier alpha value is -0.900. The van der Waals surface area contributed by atoms with Gasteiger partial charge in [0, 0.05) is 12.1 Å². The van der Waals surface area contributed by atoms with Gasteiger partial charge in [0.05, 0.1) is 6.04 Å². The summed E-state index contributed by atoms with van der Waals surface area (Å²) in [4.78, 5) is 24.1. The molecule has 4 heteroatoms. The Morgan fingerprint density at radius 2 is 2.25 bits per heavy atom. The molecule has 0 spiro atoms. The summed E-state index contributed by atoms with van der Waals surface area (Å²) in [5.41, 5.74) is 0.